The molecule has 0 radical (unpaired) electrons. The first-order chi connectivity index (χ1) is 10.2. The van der Waals surface area contributed by atoms with E-state index >= 15 is 0 Å². The molecular weight excluding hydrogens is 274 g/mol. The fraction of sp³-hybridized carbons (Fsp3) is 0.357. The Bertz CT molecular complexity index is 721. The van der Waals surface area contributed by atoms with Crippen LogP contribution in [0.3, 0.4) is 0 Å². The van der Waals surface area contributed by atoms with Crippen molar-refractivity contribution in [3.05, 3.63) is 29.6 Å². The van der Waals surface area contributed by atoms with Crippen molar-refractivity contribution in [1.82, 2.24) is 15.0 Å². The summed E-state index contributed by atoms with van der Waals surface area (Å²) in [4.78, 5) is 11.3. The van der Waals surface area contributed by atoms with Crippen molar-refractivity contribution >= 4 is 5.97 Å². The maximum absolute atomic E-state index is 11.3. The lowest BCUT2D eigenvalue weighted by atomic mass is 10.2. The summed E-state index contributed by atoms with van der Waals surface area (Å²) in [7, 11) is 0. The smallest absolute Gasteiger partial charge is 0.358 e. The van der Waals surface area contributed by atoms with Gasteiger partial charge in [-0.3, -0.25) is 0 Å². The number of rotatable bonds is 3. The van der Waals surface area contributed by atoms with E-state index in [0.717, 1.165) is 18.5 Å². The number of hydrogen-bond acceptors (Lipinski definition) is 5. The first-order valence-electron chi connectivity index (χ1n) is 6.83. The average molecular weight is 287 g/mol. The molecule has 0 spiro atoms. The molecule has 1 aliphatic carbocycles. The molecule has 0 atom stereocenters. The van der Waals surface area contributed by atoms with Crippen LogP contribution < -0.4 is 9.47 Å². The number of ether oxygens (including phenoxy) is 2. The van der Waals surface area contributed by atoms with Gasteiger partial charge in [0.05, 0.1) is 11.4 Å². The molecule has 1 aliphatic heterocycles. The van der Waals surface area contributed by atoms with Gasteiger partial charge in [-0.1, -0.05) is 5.21 Å². The fourth-order valence-corrected chi connectivity index (χ4v) is 2.52. The molecule has 4 rings (SSSR count). The molecule has 2 aromatic rings. The van der Waals surface area contributed by atoms with E-state index in [9.17, 15) is 9.90 Å². The van der Waals surface area contributed by atoms with E-state index < -0.39 is 5.97 Å². The van der Waals surface area contributed by atoms with Gasteiger partial charge in [0.15, 0.2) is 17.2 Å². The van der Waals surface area contributed by atoms with Crippen LogP contribution in [0.15, 0.2) is 18.2 Å². The fourth-order valence-electron chi connectivity index (χ4n) is 2.52. The van der Waals surface area contributed by atoms with E-state index in [-0.39, 0.29) is 11.6 Å². The van der Waals surface area contributed by atoms with E-state index in [2.05, 4.69) is 10.3 Å². The van der Waals surface area contributed by atoms with E-state index in [0.29, 0.717) is 30.4 Å². The summed E-state index contributed by atoms with van der Waals surface area (Å²) in [5.41, 5.74) is 1.44. The second-order valence-corrected chi connectivity index (χ2v) is 5.14. The van der Waals surface area contributed by atoms with Gasteiger partial charge in [0.25, 0.3) is 0 Å². The Hall–Kier alpha value is -2.57. The number of benzene rings is 1. The van der Waals surface area contributed by atoms with Crippen molar-refractivity contribution in [3.8, 4) is 17.2 Å². The quantitative estimate of drug-likeness (QED) is 0.923. The molecule has 1 fully saturated rings. The van der Waals surface area contributed by atoms with Gasteiger partial charge in [0, 0.05) is 12.0 Å². The molecule has 0 bridgehead atoms. The van der Waals surface area contributed by atoms with Crippen LogP contribution in [-0.4, -0.2) is 39.3 Å². The monoisotopic (exact) mass is 287 g/mol. The molecule has 108 valence electrons. The molecule has 1 aromatic heterocycles. The molecule has 0 unspecified atom stereocenters. The van der Waals surface area contributed by atoms with Crippen molar-refractivity contribution in [2.24, 2.45) is 0 Å². The second kappa shape index (κ2) is 4.47. The van der Waals surface area contributed by atoms with Crippen molar-refractivity contribution in [2.45, 2.75) is 18.8 Å². The van der Waals surface area contributed by atoms with Gasteiger partial charge in [-0.25, -0.2) is 9.48 Å². The number of hydrogen-bond donors (Lipinski definition) is 1. The summed E-state index contributed by atoms with van der Waals surface area (Å²) in [6, 6.07) is 5.45. The predicted molar refractivity (Wildman–Crippen MR) is 71.3 cm³/mol. The number of aromatic nitrogens is 3. The van der Waals surface area contributed by atoms with Crippen molar-refractivity contribution < 1.29 is 19.4 Å². The van der Waals surface area contributed by atoms with Crippen LogP contribution in [0.25, 0.3) is 5.69 Å². The summed E-state index contributed by atoms with van der Waals surface area (Å²) in [6.45, 7) is 1.04. The molecule has 21 heavy (non-hydrogen) atoms. The summed E-state index contributed by atoms with van der Waals surface area (Å²) in [6.07, 6.45) is 1.94. The van der Waals surface area contributed by atoms with Crippen LogP contribution in [0, 0.1) is 0 Å². The highest BCUT2D eigenvalue weighted by Crippen LogP contribution is 2.42. The second-order valence-electron chi connectivity index (χ2n) is 5.14. The first-order valence-corrected chi connectivity index (χ1v) is 6.83. The summed E-state index contributed by atoms with van der Waals surface area (Å²) in [5, 5.41) is 17.0. The molecule has 0 saturated heterocycles. The van der Waals surface area contributed by atoms with E-state index in [1.165, 1.54) is 0 Å². The van der Waals surface area contributed by atoms with Crippen LogP contribution in [0.5, 0.6) is 11.5 Å². The maximum Gasteiger partial charge on any atom is 0.358 e. The zero-order valence-corrected chi connectivity index (χ0v) is 11.2. The highest BCUT2D eigenvalue weighted by Gasteiger charge is 2.34. The zero-order chi connectivity index (χ0) is 14.4. The van der Waals surface area contributed by atoms with Crippen LogP contribution in [0.1, 0.15) is 34.9 Å². The normalized spacial score (nSPS) is 16.8. The van der Waals surface area contributed by atoms with Gasteiger partial charge < -0.3 is 14.6 Å². The van der Waals surface area contributed by atoms with Crippen molar-refractivity contribution in [2.75, 3.05) is 13.2 Å². The number of carboxylic acids is 1. The van der Waals surface area contributed by atoms with Crippen LogP contribution >= 0.6 is 0 Å². The third-order valence-electron chi connectivity index (χ3n) is 3.64. The lowest BCUT2D eigenvalue weighted by Crippen LogP contribution is -2.15. The molecule has 1 saturated carbocycles. The van der Waals surface area contributed by atoms with E-state index in [4.69, 9.17) is 9.47 Å². The SMILES string of the molecule is O=C(O)c1nnn(-c2ccc3c(c2)OCCO3)c1C1CC1. The lowest BCUT2D eigenvalue weighted by Gasteiger charge is -2.19. The molecule has 1 aromatic carbocycles. The number of carboxylic acid groups (broad SMARTS) is 1. The summed E-state index contributed by atoms with van der Waals surface area (Å²) >= 11 is 0. The molecule has 0 amide bonds. The van der Waals surface area contributed by atoms with Gasteiger partial charge >= 0.3 is 5.97 Å². The zero-order valence-electron chi connectivity index (χ0n) is 11.2. The molecule has 7 heteroatoms. The van der Waals surface area contributed by atoms with Gasteiger partial charge in [-0.05, 0) is 25.0 Å². The summed E-state index contributed by atoms with van der Waals surface area (Å²) in [5.74, 6) is 0.518. The lowest BCUT2D eigenvalue weighted by molar-refractivity contribution is 0.0689. The predicted octanol–water partition coefficient (Wildman–Crippen LogP) is 1.61. The Kier molecular flexibility index (Phi) is 2.60. The minimum absolute atomic E-state index is 0.0346. The number of fused-ring (bicyclic) bond motifs is 1. The number of carbonyl (C=O) groups is 1. The topological polar surface area (TPSA) is 86.5 Å². The molecular formula is C14H13N3O4. The first kappa shape index (κ1) is 12.2. The van der Waals surface area contributed by atoms with E-state index in [1.54, 1.807) is 10.7 Å². The van der Waals surface area contributed by atoms with Gasteiger partial charge in [0.1, 0.15) is 13.2 Å². The minimum atomic E-state index is -1.04. The van der Waals surface area contributed by atoms with Gasteiger partial charge in [-0.15, -0.1) is 5.10 Å². The van der Waals surface area contributed by atoms with Crippen LogP contribution in [-0.2, 0) is 0 Å². The van der Waals surface area contributed by atoms with Crippen molar-refractivity contribution in [3.63, 3.8) is 0 Å². The van der Waals surface area contributed by atoms with E-state index in [1.807, 2.05) is 12.1 Å². The molecule has 1 N–H and O–H groups in total. The Morgan fingerprint density at radius 2 is 2.00 bits per heavy atom. The third kappa shape index (κ3) is 2.01. The minimum Gasteiger partial charge on any atom is -0.486 e. The third-order valence-corrected chi connectivity index (χ3v) is 3.64. The van der Waals surface area contributed by atoms with Crippen molar-refractivity contribution in [1.29, 1.82) is 0 Å². The Labute approximate surface area is 120 Å². The average Bonchev–Trinajstić information content (AvgIpc) is 3.24. The highest BCUT2D eigenvalue weighted by atomic mass is 16.6. The van der Waals surface area contributed by atoms with Crippen LogP contribution in [0.4, 0.5) is 0 Å². The van der Waals surface area contributed by atoms with Gasteiger partial charge in [-0.2, -0.15) is 0 Å². The summed E-state index contributed by atoms with van der Waals surface area (Å²) < 4.78 is 12.6. The molecule has 7 nitrogen and oxygen atoms in total. The molecule has 2 aliphatic rings. The maximum atomic E-state index is 11.3. The number of aromatic carboxylic acids is 1. The van der Waals surface area contributed by atoms with Gasteiger partial charge in [0.2, 0.25) is 0 Å². The Morgan fingerprint density at radius 3 is 2.71 bits per heavy atom. The van der Waals surface area contributed by atoms with Crippen LogP contribution in [0.2, 0.25) is 0 Å². The largest absolute Gasteiger partial charge is 0.486 e. The number of nitrogens with zero attached hydrogens (tertiary/aromatic N) is 3. The Morgan fingerprint density at radius 1 is 1.24 bits per heavy atom. The molecule has 2 heterocycles. The Balaban J connectivity index is 1.81. The standard InChI is InChI=1S/C14H13N3O4/c18-14(19)12-13(8-1-2-8)17(16-15-12)9-3-4-10-11(7-9)21-6-5-20-10/h3-4,7-8H,1-2,5-6H2,(H,18,19). The highest BCUT2D eigenvalue weighted by molar-refractivity contribution is 5.87.